The summed E-state index contributed by atoms with van der Waals surface area (Å²) in [7, 11) is 0. The van der Waals surface area contributed by atoms with Gasteiger partial charge in [-0.05, 0) is 20.8 Å². The smallest absolute Gasteiger partial charge is 0.279 e. The van der Waals surface area contributed by atoms with E-state index in [2.05, 4.69) is 5.32 Å². The Kier molecular flexibility index (Phi) is 3.93. The summed E-state index contributed by atoms with van der Waals surface area (Å²) in [5.74, 6) is 0. The Bertz CT molecular complexity index is 138. The summed E-state index contributed by atoms with van der Waals surface area (Å²) < 4.78 is 0. The number of rotatable bonds is 1. The predicted molar refractivity (Wildman–Crippen MR) is 51.0 cm³/mol. The van der Waals surface area contributed by atoms with Crippen molar-refractivity contribution in [3.8, 4) is 0 Å². The van der Waals surface area contributed by atoms with Gasteiger partial charge in [0.25, 0.3) is 5.24 Å². The lowest BCUT2D eigenvalue weighted by Crippen LogP contribution is -2.38. The molecule has 0 aliphatic heterocycles. The molecule has 1 N–H and O–H groups in total. The fraction of sp³-hybridized carbons (Fsp3) is 0.875. The van der Waals surface area contributed by atoms with Crippen molar-refractivity contribution in [1.29, 1.82) is 0 Å². The summed E-state index contributed by atoms with van der Waals surface area (Å²) in [6.45, 7) is 9.95. The van der Waals surface area contributed by atoms with E-state index in [1.54, 1.807) is 0 Å². The van der Waals surface area contributed by atoms with Crippen LogP contribution in [0.4, 0.5) is 4.79 Å². The fourth-order valence-corrected chi connectivity index (χ4v) is 1.34. The Hall–Kier alpha value is -0.180. The molecule has 0 radical (unpaired) electrons. The van der Waals surface area contributed by atoms with Crippen molar-refractivity contribution in [3.05, 3.63) is 0 Å². The Balaban J connectivity index is 3.71. The molecule has 0 spiro atoms. The van der Waals surface area contributed by atoms with Crippen LogP contribution in [0.3, 0.4) is 0 Å². The number of carbonyl (C=O) groups is 1. The molecule has 11 heavy (non-hydrogen) atoms. The second-order valence-electron chi connectivity index (χ2n) is 3.83. The molecule has 2 nitrogen and oxygen atoms in total. The molecular weight excluding hydrogens is 158 g/mol. The molecule has 0 saturated carbocycles. The van der Waals surface area contributed by atoms with E-state index in [-0.39, 0.29) is 10.8 Å². The largest absolute Gasteiger partial charge is 0.342 e. The number of carbonyl (C=O) groups excluding carboxylic acids is 1. The normalized spacial score (nSPS) is 11.8. The standard InChI is InChI=1S/C8H17NOS/c1-6(2)11-7(10)9-8(3,4)5/h6H,1-5H3,(H,9,10). The first-order chi connectivity index (χ1) is 4.81. The van der Waals surface area contributed by atoms with Crippen LogP contribution in [-0.2, 0) is 0 Å². The summed E-state index contributed by atoms with van der Waals surface area (Å²) in [6, 6.07) is 0. The lowest BCUT2D eigenvalue weighted by Gasteiger charge is -2.20. The summed E-state index contributed by atoms with van der Waals surface area (Å²) in [4.78, 5) is 11.1. The van der Waals surface area contributed by atoms with Crippen molar-refractivity contribution in [2.24, 2.45) is 0 Å². The Morgan fingerprint density at radius 2 is 1.82 bits per heavy atom. The average Bonchev–Trinajstić information content (AvgIpc) is 1.53. The molecule has 0 aromatic heterocycles. The van der Waals surface area contributed by atoms with Gasteiger partial charge in [-0.3, -0.25) is 4.79 Å². The molecule has 0 bridgehead atoms. The Labute approximate surface area is 73.1 Å². The van der Waals surface area contributed by atoms with Gasteiger partial charge < -0.3 is 5.32 Å². The monoisotopic (exact) mass is 175 g/mol. The van der Waals surface area contributed by atoms with Crippen LogP contribution in [0, 0.1) is 0 Å². The lowest BCUT2D eigenvalue weighted by molar-refractivity contribution is 0.253. The van der Waals surface area contributed by atoms with Crippen molar-refractivity contribution in [3.63, 3.8) is 0 Å². The van der Waals surface area contributed by atoms with Crippen LogP contribution >= 0.6 is 11.8 Å². The minimum Gasteiger partial charge on any atom is -0.342 e. The van der Waals surface area contributed by atoms with Gasteiger partial charge in [-0.15, -0.1) is 0 Å². The molecule has 1 amide bonds. The maximum Gasteiger partial charge on any atom is 0.279 e. The molecule has 0 heterocycles. The molecule has 0 rings (SSSR count). The van der Waals surface area contributed by atoms with Gasteiger partial charge in [0.15, 0.2) is 0 Å². The highest BCUT2D eigenvalue weighted by molar-refractivity contribution is 8.14. The van der Waals surface area contributed by atoms with E-state index < -0.39 is 0 Å². The molecule has 0 saturated heterocycles. The summed E-state index contributed by atoms with van der Waals surface area (Å²) in [5, 5.41) is 3.30. The first-order valence-corrected chi connectivity index (χ1v) is 4.68. The van der Waals surface area contributed by atoms with E-state index >= 15 is 0 Å². The van der Waals surface area contributed by atoms with Crippen LogP contribution in [0.2, 0.25) is 0 Å². The second kappa shape index (κ2) is 4.00. The van der Waals surface area contributed by atoms with Gasteiger partial charge in [-0.25, -0.2) is 0 Å². The predicted octanol–water partition coefficient (Wildman–Crippen LogP) is 2.64. The molecule has 0 aliphatic rings. The van der Waals surface area contributed by atoms with E-state index in [1.165, 1.54) is 11.8 Å². The minimum absolute atomic E-state index is 0.0625. The Morgan fingerprint density at radius 3 is 2.09 bits per heavy atom. The number of hydrogen-bond donors (Lipinski definition) is 1. The van der Waals surface area contributed by atoms with Crippen LogP contribution < -0.4 is 5.32 Å². The highest BCUT2D eigenvalue weighted by Crippen LogP contribution is 2.12. The average molecular weight is 175 g/mol. The zero-order chi connectivity index (χ0) is 9.07. The number of thioether (sulfide) groups is 1. The van der Waals surface area contributed by atoms with Gasteiger partial charge in [-0.2, -0.15) is 0 Å². The molecule has 0 unspecified atom stereocenters. The van der Waals surface area contributed by atoms with Crippen LogP contribution in [0.15, 0.2) is 0 Å². The third-order valence-corrected chi connectivity index (χ3v) is 1.61. The first kappa shape index (κ1) is 10.8. The van der Waals surface area contributed by atoms with Gasteiger partial charge >= 0.3 is 0 Å². The van der Waals surface area contributed by atoms with Crippen molar-refractivity contribution in [2.75, 3.05) is 0 Å². The summed E-state index contributed by atoms with van der Waals surface area (Å²) in [6.07, 6.45) is 0. The molecule has 0 aromatic carbocycles. The molecule has 0 atom stereocenters. The van der Waals surface area contributed by atoms with Gasteiger partial charge in [0, 0.05) is 10.8 Å². The molecule has 0 fully saturated rings. The van der Waals surface area contributed by atoms with E-state index in [9.17, 15) is 4.79 Å². The third-order valence-electron chi connectivity index (χ3n) is 0.820. The first-order valence-electron chi connectivity index (χ1n) is 3.80. The van der Waals surface area contributed by atoms with Gasteiger partial charge in [0.1, 0.15) is 0 Å². The zero-order valence-electron chi connectivity index (χ0n) is 7.89. The third kappa shape index (κ3) is 7.72. The van der Waals surface area contributed by atoms with Crippen molar-refractivity contribution in [1.82, 2.24) is 5.32 Å². The quantitative estimate of drug-likeness (QED) is 0.663. The molecule has 66 valence electrons. The van der Waals surface area contributed by atoms with Crippen molar-refractivity contribution < 1.29 is 4.79 Å². The maximum atomic E-state index is 11.1. The fourth-order valence-electron chi connectivity index (χ4n) is 0.550. The highest BCUT2D eigenvalue weighted by Gasteiger charge is 2.14. The molecule has 0 aliphatic carbocycles. The van der Waals surface area contributed by atoms with E-state index in [4.69, 9.17) is 0 Å². The van der Waals surface area contributed by atoms with Crippen LogP contribution in [0.1, 0.15) is 34.6 Å². The van der Waals surface area contributed by atoms with Crippen molar-refractivity contribution >= 4 is 17.0 Å². The van der Waals surface area contributed by atoms with Crippen LogP contribution in [0.5, 0.6) is 0 Å². The maximum absolute atomic E-state index is 11.1. The van der Waals surface area contributed by atoms with Crippen LogP contribution in [0.25, 0.3) is 0 Å². The highest BCUT2D eigenvalue weighted by atomic mass is 32.2. The number of nitrogens with one attached hydrogen (secondary N) is 1. The Morgan fingerprint density at radius 1 is 1.36 bits per heavy atom. The summed E-state index contributed by atoms with van der Waals surface area (Å²) in [5.41, 5.74) is -0.112. The topological polar surface area (TPSA) is 29.1 Å². The van der Waals surface area contributed by atoms with Gasteiger partial charge in [0.05, 0.1) is 0 Å². The van der Waals surface area contributed by atoms with Crippen LogP contribution in [-0.4, -0.2) is 16.0 Å². The van der Waals surface area contributed by atoms with Crippen molar-refractivity contribution in [2.45, 2.75) is 45.4 Å². The molecule has 0 aromatic rings. The second-order valence-corrected chi connectivity index (χ2v) is 5.38. The van der Waals surface area contributed by atoms with E-state index in [0.717, 1.165) is 0 Å². The number of hydrogen-bond acceptors (Lipinski definition) is 2. The molecular formula is C8H17NOS. The van der Waals surface area contributed by atoms with Gasteiger partial charge in [-0.1, -0.05) is 25.6 Å². The molecule has 3 heteroatoms. The summed E-state index contributed by atoms with van der Waals surface area (Å²) >= 11 is 1.33. The lowest BCUT2D eigenvalue weighted by atomic mass is 10.1. The SMILES string of the molecule is CC(C)SC(=O)NC(C)(C)C. The minimum atomic E-state index is -0.112. The van der Waals surface area contributed by atoms with E-state index in [1.807, 2.05) is 34.6 Å². The zero-order valence-corrected chi connectivity index (χ0v) is 8.71. The number of amides is 1. The van der Waals surface area contributed by atoms with E-state index in [0.29, 0.717) is 5.25 Å². The van der Waals surface area contributed by atoms with Gasteiger partial charge in [0.2, 0.25) is 0 Å².